The molecular formula is C20H32N6O6P. The molecule has 0 aromatic carbocycles. The van der Waals surface area contributed by atoms with Crippen LogP contribution in [0.1, 0.15) is 47.5 Å². The van der Waals surface area contributed by atoms with Crippen molar-refractivity contribution in [3.63, 3.8) is 0 Å². The fourth-order valence-corrected chi connectivity index (χ4v) is 3.82. The monoisotopic (exact) mass is 483 g/mol. The Labute approximate surface area is 193 Å². The summed E-state index contributed by atoms with van der Waals surface area (Å²) in [5, 5.41) is 3.22. The second-order valence-corrected chi connectivity index (χ2v) is 11.4. The van der Waals surface area contributed by atoms with Gasteiger partial charge < -0.3 is 29.6 Å². The Bertz CT molecular complexity index is 1050. The molecule has 2 aromatic rings. The number of anilines is 2. The Kier molecular flexibility index (Phi) is 7.33. The summed E-state index contributed by atoms with van der Waals surface area (Å²) < 4.78 is 35.5. The van der Waals surface area contributed by atoms with E-state index in [1.165, 1.54) is 0 Å². The van der Waals surface area contributed by atoms with E-state index in [0.717, 1.165) is 12.8 Å². The van der Waals surface area contributed by atoms with Crippen molar-refractivity contribution in [2.24, 2.45) is 5.41 Å². The number of hydrogen-bond donors (Lipinski definition) is 2. The average Bonchev–Trinajstić information content (AvgIpc) is 3.38. The van der Waals surface area contributed by atoms with Gasteiger partial charge in [-0.3, -0.25) is 13.9 Å². The Morgan fingerprint density at radius 1 is 1.36 bits per heavy atom. The Morgan fingerprint density at radius 3 is 2.64 bits per heavy atom. The lowest BCUT2D eigenvalue weighted by atomic mass is 9.98. The van der Waals surface area contributed by atoms with Crippen LogP contribution in [0.15, 0.2) is 6.33 Å². The van der Waals surface area contributed by atoms with Crippen LogP contribution in [0, 0.1) is 12.5 Å². The summed E-state index contributed by atoms with van der Waals surface area (Å²) in [6.07, 6.45) is 2.78. The van der Waals surface area contributed by atoms with Gasteiger partial charge in [0, 0.05) is 6.04 Å². The highest BCUT2D eigenvalue weighted by Crippen LogP contribution is 2.52. The Morgan fingerprint density at radius 2 is 2.06 bits per heavy atom. The van der Waals surface area contributed by atoms with Crippen LogP contribution in [-0.4, -0.2) is 50.3 Å². The van der Waals surface area contributed by atoms with Crippen LogP contribution in [0.3, 0.4) is 0 Å². The molecule has 1 aliphatic carbocycles. The molecule has 3 rings (SSSR count). The first kappa shape index (κ1) is 25.4. The van der Waals surface area contributed by atoms with Crippen molar-refractivity contribution in [3.8, 4) is 0 Å². The summed E-state index contributed by atoms with van der Waals surface area (Å²) in [6.45, 7) is 8.98. The predicted molar refractivity (Wildman–Crippen MR) is 122 cm³/mol. The summed E-state index contributed by atoms with van der Waals surface area (Å²) >= 11 is 0. The molecule has 183 valence electrons. The minimum atomic E-state index is -3.73. The lowest BCUT2D eigenvalue weighted by Gasteiger charge is -2.22. The lowest BCUT2D eigenvalue weighted by Crippen LogP contribution is -2.25. The normalized spacial score (nSPS) is 17.2. The fraction of sp³-hybridized carbons (Fsp3) is 0.650. The van der Waals surface area contributed by atoms with Gasteiger partial charge in [-0.1, -0.05) is 0 Å². The average molecular weight is 483 g/mol. The highest BCUT2D eigenvalue weighted by molar-refractivity contribution is 7.53. The topological polar surface area (TPSA) is 153 Å². The molecule has 13 heteroatoms. The summed E-state index contributed by atoms with van der Waals surface area (Å²) in [6, 6.07) is 0.144. The molecule has 0 bridgehead atoms. The molecule has 12 nitrogen and oxygen atoms in total. The standard InChI is InChI=1S/C20H32N6O6P/c1-13(2)23-15-14-16(25-18(21)24-15)26(10-22-14)9-20(7-8-20)31-12-33(28,29-6)32-11-30-17(27)19(3,4)5/h10,13H,6-9,11-12H2,1-5H3,(H3,21,23,24,25). The van der Waals surface area contributed by atoms with Gasteiger partial charge in [-0.2, -0.15) is 9.97 Å². The zero-order valence-electron chi connectivity index (χ0n) is 19.7. The second-order valence-electron chi connectivity index (χ2n) is 9.40. The molecule has 2 heterocycles. The number of fused-ring (bicyclic) bond motifs is 1. The van der Waals surface area contributed by atoms with Gasteiger partial charge in [0.2, 0.25) is 12.7 Å². The van der Waals surface area contributed by atoms with Crippen LogP contribution in [0.4, 0.5) is 11.8 Å². The molecule has 0 aliphatic heterocycles. The van der Waals surface area contributed by atoms with Crippen LogP contribution in [0.5, 0.6) is 0 Å². The van der Waals surface area contributed by atoms with Crippen molar-refractivity contribution in [3.05, 3.63) is 13.4 Å². The van der Waals surface area contributed by atoms with Gasteiger partial charge in [0.15, 0.2) is 17.0 Å². The molecule has 0 saturated heterocycles. The number of hydrogen-bond acceptors (Lipinski definition) is 11. The van der Waals surface area contributed by atoms with Crippen LogP contribution in [0.2, 0.25) is 0 Å². The number of nitrogen functional groups attached to an aromatic ring is 1. The van der Waals surface area contributed by atoms with Gasteiger partial charge in [-0.05, 0) is 47.5 Å². The molecular weight excluding hydrogens is 451 g/mol. The number of nitrogens with two attached hydrogens (primary N) is 1. The highest BCUT2D eigenvalue weighted by atomic mass is 31.2. The molecule has 3 N–H and O–H groups in total. The number of imidazole rings is 1. The number of rotatable bonds is 11. The van der Waals surface area contributed by atoms with Crippen LogP contribution < -0.4 is 11.1 Å². The van der Waals surface area contributed by atoms with Crippen LogP contribution in [0.25, 0.3) is 11.2 Å². The largest absolute Gasteiger partial charge is 0.438 e. The van der Waals surface area contributed by atoms with Crippen molar-refractivity contribution in [1.82, 2.24) is 19.5 Å². The summed E-state index contributed by atoms with van der Waals surface area (Å²) in [5.41, 5.74) is 5.77. The van der Waals surface area contributed by atoms with E-state index in [2.05, 4.69) is 27.4 Å². The SMILES string of the molecule is [CH2]OP(=O)(COC1(Cn2cnc3c(NC(C)C)nc(N)nc32)CC1)OCOC(=O)C(C)(C)C. The van der Waals surface area contributed by atoms with Crippen molar-refractivity contribution in [2.45, 2.75) is 65.6 Å². The van der Waals surface area contributed by atoms with Crippen LogP contribution in [-0.2, 0) is 34.4 Å². The first-order chi connectivity index (χ1) is 15.4. The number of ether oxygens (including phenoxy) is 2. The molecule has 1 aliphatic rings. The van der Waals surface area contributed by atoms with E-state index < -0.39 is 31.4 Å². The van der Waals surface area contributed by atoms with E-state index in [1.54, 1.807) is 27.1 Å². The van der Waals surface area contributed by atoms with E-state index in [0.29, 0.717) is 23.5 Å². The van der Waals surface area contributed by atoms with Gasteiger partial charge in [-0.15, -0.1) is 0 Å². The number of carbonyl (C=O) groups excluding carboxylic acids is 1. The van der Waals surface area contributed by atoms with E-state index in [-0.39, 0.29) is 18.3 Å². The molecule has 0 spiro atoms. The molecule has 2 aromatic heterocycles. The predicted octanol–water partition coefficient (Wildman–Crippen LogP) is 3.30. The lowest BCUT2D eigenvalue weighted by molar-refractivity contribution is -0.160. The number of nitrogens with one attached hydrogen (secondary N) is 1. The number of carbonyl (C=O) groups is 1. The third kappa shape index (κ3) is 6.41. The summed E-state index contributed by atoms with van der Waals surface area (Å²) in [7, 11) is -0.503. The third-order valence-corrected chi connectivity index (χ3v) is 6.29. The van der Waals surface area contributed by atoms with Crippen molar-refractivity contribution in [1.29, 1.82) is 0 Å². The maximum atomic E-state index is 12.8. The number of esters is 1. The quantitative estimate of drug-likeness (QED) is 0.275. The molecule has 1 saturated carbocycles. The number of aromatic nitrogens is 4. The smallest absolute Gasteiger partial charge is 0.359 e. The zero-order chi connectivity index (χ0) is 24.4. The van der Waals surface area contributed by atoms with Gasteiger partial charge in [0.25, 0.3) is 0 Å². The first-order valence-corrected chi connectivity index (χ1v) is 12.3. The highest BCUT2D eigenvalue weighted by Gasteiger charge is 2.46. The summed E-state index contributed by atoms with van der Waals surface area (Å²) in [5.74, 6) is 0.203. The maximum absolute atomic E-state index is 12.8. The van der Waals surface area contributed by atoms with E-state index in [4.69, 9.17) is 24.3 Å². The zero-order valence-corrected chi connectivity index (χ0v) is 20.6. The molecule has 0 amide bonds. The minimum Gasteiger partial charge on any atom is -0.438 e. The van der Waals surface area contributed by atoms with E-state index in [1.807, 2.05) is 18.4 Å². The summed E-state index contributed by atoms with van der Waals surface area (Å²) in [4.78, 5) is 24.8. The Balaban J connectivity index is 1.64. The molecule has 33 heavy (non-hydrogen) atoms. The van der Waals surface area contributed by atoms with Crippen molar-refractivity contribution >= 4 is 36.5 Å². The molecule has 1 atom stereocenters. The molecule has 1 radical (unpaired) electrons. The van der Waals surface area contributed by atoms with Gasteiger partial charge >= 0.3 is 13.6 Å². The second kappa shape index (κ2) is 9.54. The number of nitrogens with zero attached hydrogens (tertiary/aromatic N) is 4. The van der Waals surface area contributed by atoms with Gasteiger partial charge in [0.05, 0.1) is 31.0 Å². The maximum Gasteiger partial charge on any atom is 0.359 e. The molecule has 1 fully saturated rings. The third-order valence-electron chi connectivity index (χ3n) is 4.95. The van der Waals surface area contributed by atoms with E-state index in [9.17, 15) is 9.36 Å². The van der Waals surface area contributed by atoms with Gasteiger partial charge in [-0.25, -0.2) is 4.98 Å². The first-order valence-electron chi connectivity index (χ1n) is 10.6. The minimum absolute atomic E-state index is 0.131. The van der Waals surface area contributed by atoms with Crippen molar-refractivity contribution < 1.29 is 27.9 Å². The Hall–Kier alpha value is -2.27. The fourth-order valence-electron chi connectivity index (χ4n) is 2.95. The van der Waals surface area contributed by atoms with Crippen molar-refractivity contribution in [2.75, 3.05) is 24.2 Å². The van der Waals surface area contributed by atoms with E-state index >= 15 is 0 Å². The van der Waals surface area contributed by atoms with Crippen LogP contribution >= 0.6 is 7.60 Å². The molecule has 1 unspecified atom stereocenters. The van der Waals surface area contributed by atoms with Gasteiger partial charge in [0.1, 0.15) is 6.35 Å².